The van der Waals surface area contributed by atoms with Gasteiger partial charge in [-0.2, -0.15) is 0 Å². The first-order valence-electron chi connectivity index (χ1n) is 8.15. The number of benzene rings is 2. The topological polar surface area (TPSA) is 44.8 Å². The first-order chi connectivity index (χ1) is 11.7. The van der Waals surface area contributed by atoms with E-state index in [1.807, 2.05) is 47.4 Å². The van der Waals surface area contributed by atoms with Crippen LogP contribution < -0.4 is 15.0 Å². The standard InChI is InChI=1S/C19H23N3O2/c1-21(16-6-4-3-5-7-16)17-12-13-22(14-17)19(23)20-15-8-10-18(24-2)11-9-15/h3-11,17H,12-14H2,1-2H3,(H,20,23)/t17-/m0/s1. The summed E-state index contributed by atoms with van der Waals surface area (Å²) in [6, 6.07) is 17.9. The smallest absolute Gasteiger partial charge is 0.321 e. The van der Waals surface area contributed by atoms with Crippen LogP contribution in [-0.2, 0) is 0 Å². The number of rotatable bonds is 4. The molecule has 1 saturated heterocycles. The van der Waals surface area contributed by atoms with Gasteiger partial charge in [0.15, 0.2) is 0 Å². The molecule has 0 unspecified atom stereocenters. The fourth-order valence-electron chi connectivity index (χ4n) is 2.99. The lowest BCUT2D eigenvalue weighted by molar-refractivity contribution is 0.222. The van der Waals surface area contributed by atoms with Gasteiger partial charge in [-0.15, -0.1) is 0 Å². The molecule has 5 heteroatoms. The molecule has 1 atom stereocenters. The van der Waals surface area contributed by atoms with Crippen molar-refractivity contribution in [2.45, 2.75) is 12.5 Å². The normalized spacial score (nSPS) is 16.8. The van der Waals surface area contributed by atoms with Crippen LogP contribution in [-0.4, -0.2) is 44.2 Å². The number of ether oxygens (including phenoxy) is 1. The lowest BCUT2D eigenvalue weighted by Gasteiger charge is -2.27. The highest BCUT2D eigenvalue weighted by molar-refractivity contribution is 5.89. The highest BCUT2D eigenvalue weighted by Gasteiger charge is 2.29. The third-order valence-electron chi connectivity index (χ3n) is 4.50. The van der Waals surface area contributed by atoms with E-state index in [0.29, 0.717) is 6.04 Å². The van der Waals surface area contributed by atoms with Crippen molar-refractivity contribution in [3.63, 3.8) is 0 Å². The molecule has 0 aromatic heterocycles. The number of carbonyl (C=O) groups excluding carboxylic acids is 1. The number of hydrogen-bond donors (Lipinski definition) is 1. The molecule has 0 bridgehead atoms. The van der Waals surface area contributed by atoms with E-state index in [-0.39, 0.29) is 6.03 Å². The van der Waals surface area contributed by atoms with Gasteiger partial charge in [0.1, 0.15) is 5.75 Å². The molecule has 2 aromatic carbocycles. The van der Waals surface area contributed by atoms with Crippen molar-refractivity contribution in [2.24, 2.45) is 0 Å². The number of anilines is 2. The Kier molecular flexibility index (Phi) is 4.89. The summed E-state index contributed by atoms with van der Waals surface area (Å²) in [5, 5.41) is 2.95. The van der Waals surface area contributed by atoms with E-state index in [0.717, 1.165) is 30.9 Å². The molecule has 1 heterocycles. The first kappa shape index (κ1) is 16.2. The van der Waals surface area contributed by atoms with Crippen molar-refractivity contribution in [1.29, 1.82) is 0 Å². The molecule has 2 amide bonds. The van der Waals surface area contributed by atoms with E-state index in [9.17, 15) is 4.79 Å². The predicted molar refractivity (Wildman–Crippen MR) is 96.8 cm³/mol. The van der Waals surface area contributed by atoms with Crippen LogP contribution in [0.15, 0.2) is 54.6 Å². The molecule has 126 valence electrons. The van der Waals surface area contributed by atoms with Gasteiger partial charge in [-0.1, -0.05) is 18.2 Å². The van der Waals surface area contributed by atoms with Crippen molar-refractivity contribution in [3.05, 3.63) is 54.6 Å². The summed E-state index contributed by atoms with van der Waals surface area (Å²) in [7, 11) is 3.71. The summed E-state index contributed by atoms with van der Waals surface area (Å²) in [6.45, 7) is 1.50. The van der Waals surface area contributed by atoms with Gasteiger partial charge in [-0.25, -0.2) is 4.79 Å². The fraction of sp³-hybridized carbons (Fsp3) is 0.316. The molecule has 2 aromatic rings. The van der Waals surface area contributed by atoms with Gasteiger partial charge < -0.3 is 19.9 Å². The van der Waals surface area contributed by atoms with Crippen molar-refractivity contribution in [2.75, 3.05) is 37.5 Å². The quantitative estimate of drug-likeness (QED) is 0.936. The fourth-order valence-corrected chi connectivity index (χ4v) is 2.99. The van der Waals surface area contributed by atoms with Crippen LogP contribution in [0, 0.1) is 0 Å². The number of para-hydroxylation sites is 1. The number of amides is 2. The van der Waals surface area contributed by atoms with E-state index in [4.69, 9.17) is 4.74 Å². The molecule has 0 saturated carbocycles. The van der Waals surface area contributed by atoms with E-state index >= 15 is 0 Å². The molecule has 1 fully saturated rings. The minimum Gasteiger partial charge on any atom is -0.497 e. The van der Waals surface area contributed by atoms with Crippen molar-refractivity contribution >= 4 is 17.4 Å². The zero-order chi connectivity index (χ0) is 16.9. The Labute approximate surface area is 142 Å². The molecule has 24 heavy (non-hydrogen) atoms. The highest BCUT2D eigenvalue weighted by Crippen LogP contribution is 2.22. The molecule has 3 rings (SSSR count). The van der Waals surface area contributed by atoms with Gasteiger partial charge in [0, 0.05) is 37.6 Å². The van der Waals surface area contributed by atoms with Crippen LogP contribution in [0.4, 0.5) is 16.2 Å². The number of urea groups is 1. The van der Waals surface area contributed by atoms with Crippen molar-refractivity contribution in [1.82, 2.24) is 4.90 Å². The van der Waals surface area contributed by atoms with Crippen molar-refractivity contribution < 1.29 is 9.53 Å². The van der Waals surface area contributed by atoms with Crippen LogP contribution in [0.3, 0.4) is 0 Å². The third-order valence-corrected chi connectivity index (χ3v) is 4.50. The monoisotopic (exact) mass is 325 g/mol. The van der Waals surface area contributed by atoms with Crippen LogP contribution in [0.1, 0.15) is 6.42 Å². The third kappa shape index (κ3) is 3.62. The number of nitrogens with zero attached hydrogens (tertiary/aromatic N) is 2. The Hall–Kier alpha value is -2.69. The molecule has 0 radical (unpaired) electrons. The number of carbonyl (C=O) groups is 1. The maximum absolute atomic E-state index is 12.4. The average Bonchev–Trinajstić information content (AvgIpc) is 3.13. The van der Waals surface area contributed by atoms with Crippen LogP contribution in [0.5, 0.6) is 5.75 Å². The number of methoxy groups -OCH3 is 1. The van der Waals surface area contributed by atoms with Crippen molar-refractivity contribution in [3.8, 4) is 5.75 Å². The number of nitrogens with one attached hydrogen (secondary N) is 1. The SMILES string of the molecule is COc1ccc(NC(=O)N2CC[C@H](N(C)c3ccccc3)C2)cc1. The maximum Gasteiger partial charge on any atom is 0.321 e. The van der Waals surface area contributed by atoms with E-state index in [1.165, 1.54) is 5.69 Å². The minimum absolute atomic E-state index is 0.0517. The zero-order valence-corrected chi connectivity index (χ0v) is 14.1. The zero-order valence-electron chi connectivity index (χ0n) is 14.1. The Bertz CT molecular complexity index is 673. The lowest BCUT2D eigenvalue weighted by Crippen LogP contribution is -2.38. The highest BCUT2D eigenvalue weighted by atomic mass is 16.5. The second kappa shape index (κ2) is 7.25. The van der Waals surface area contributed by atoms with E-state index < -0.39 is 0 Å². The number of likely N-dealkylation sites (N-methyl/N-ethyl adjacent to an activating group) is 1. The molecule has 1 aliphatic heterocycles. The van der Waals surface area contributed by atoms with E-state index in [2.05, 4.69) is 29.4 Å². The van der Waals surface area contributed by atoms with E-state index in [1.54, 1.807) is 7.11 Å². The van der Waals surface area contributed by atoms with Crippen LogP contribution in [0.2, 0.25) is 0 Å². The lowest BCUT2D eigenvalue weighted by atomic mass is 10.2. The summed E-state index contributed by atoms with van der Waals surface area (Å²) in [4.78, 5) is 16.6. The summed E-state index contributed by atoms with van der Waals surface area (Å²) < 4.78 is 5.13. The molecular weight excluding hydrogens is 302 g/mol. The summed E-state index contributed by atoms with van der Waals surface area (Å²) in [5.74, 6) is 0.777. The molecular formula is C19H23N3O2. The second-order valence-electron chi connectivity index (χ2n) is 5.99. The van der Waals surface area contributed by atoms with Gasteiger partial charge in [-0.05, 0) is 42.8 Å². The van der Waals surface area contributed by atoms with Crippen LogP contribution in [0.25, 0.3) is 0 Å². The van der Waals surface area contributed by atoms with Gasteiger partial charge in [0.05, 0.1) is 7.11 Å². The molecule has 1 aliphatic rings. The largest absolute Gasteiger partial charge is 0.497 e. The number of hydrogen-bond acceptors (Lipinski definition) is 3. The number of likely N-dealkylation sites (tertiary alicyclic amines) is 1. The molecule has 0 spiro atoms. The molecule has 5 nitrogen and oxygen atoms in total. The first-order valence-corrected chi connectivity index (χ1v) is 8.15. The molecule has 1 N–H and O–H groups in total. The predicted octanol–water partition coefficient (Wildman–Crippen LogP) is 3.44. The van der Waals surface area contributed by atoms with Gasteiger partial charge in [-0.3, -0.25) is 0 Å². The average molecular weight is 325 g/mol. The van der Waals surface area contributed by atoms with Gasteiger partial charge >= 0.3 is 6.03 Å². The minimum atomic E-state index is -0.0517. The Morgan fingerprint density at radius 3 is 2.54 bits per heavy atom. The molecule has 0 aliphatic carbocycles. The van der Waals surface area contributed by atoms with Gasteiger partial charge in [0.2, 0.25) is 0 Å². The summed E-state index contributed by atoms with van der Waals surface area (Å²) >= 11 is 0. The summed E-state index contributed by atoms with van der Waals surface area (Å²) in [5.41, 5.74) is 1.96. The van der Waals surface area contributed by atoms with Gasteiger partial charge in [0.25, 0.3) is 0 Å². The Balaban J connectivity index is 1.57. The summed E-state index contributed by atoms with van der Waals surface area (Å²) in [6.07, 6.45) is 0.974. The maximum atomic E-state index is 12.4. The Morgan fingerprint density at radius 2 is 1.88 bits per heavy atom. The van der Waals surface area contributed by atoms with Crippen LogP contribution >= 0.6 is 0 Å². The Morgan fingerprint density at radius 1 is 1.17 bits per heavy atom. The second-order valence-corrected chi connectivity index (χ2v) is 5.99.